The number of rotatable bonds is 7. The Morgan fingerprint density at radius 3 is 2.56 bits per heavy atom. The molecule has 3 aromatic heterocycles. The predicted octanol–water partition coefficient (Wildman–Crippen LogP) is 2.80. The lowest BCUT2D eigenvalue weighted by Gasteiger charge is -2.16. The molecule has 0 spiro atoms. The summed E-state index contributed by atoms with van der Waals surface area (Å²) in [6.45, 7) is 7.04. The van der Waals surface area contributed by atoms with Gasteiger partial charge in [0.2, 0.25) is 11.9 Å². The fourth-order valence-corrected chi connectivity index (χ4v) is 3.93. The van der Waals surface area contributed by atoms with Crippen LogP contribution < -0.4 is 16.2 Å². The van der Waals surface area contributed by atoms with Gasteiger partial charge in [-0.15, -0.1) is 11.3 Å². The van der Waals surface area contributed by atoms with Gasteiger partial charge in [0.25, 0.3) is 5.56 Å². The topological polar surface area (TPSA) is 174 Å². The first-order valence-corrected chi connectivity index (χ1v) is 11.7. The molecule has 0 fully saturated rings. The molecular formula is C24H25N5O6S. The van der Waals surface area contributed by atoms with Crippen LogP contribution in [-0.2, 0) is 14.4 Å². The van der Waals surface area contributed by atoms with Crippen molar-refractivity contribution in [1.82, 2.24) is 15.0 Å². The minimum Gasteiger partial charge on any atom is -0.481 e. The summed E-state index contributed by atoms with van der Waals surface area (Å²) in [5, 5.41) is 24.3. The zero-order valence-electron chi connectivity index (χ0n) is 20.1. The number of pyridine rings is 1. The van der Waals surface area contributed by atoms with Crippen LogP contribution in [0.4, 0.5) is 10.9 Å². The second-order valence-corrected chi connectivity index (χ2v) is 10.1. The Balaban J connectivity index is 1.81. The van der Waals surface area contributed by atoms with E-state index in [9.17, 15) is 24.3 Å². The molecular weight excluding hydrogens is 486 g/mol. The minimum atomic E-state index is -1.14. The molecule has 0 bridgehead atoms. The molecule has 1 amide bonds. The van der Waals surface area contributed by atoms with Gasteiger partial charge >= 0.3 is 11.9 Å². The van der Waals surface area contributed by atoms with Gasteiger partial charge < -0.3 is 15.5 Å². The number of carbonyl (C=O) groups is 3. The smallest absolute Gasteiger partial charge is 0.326 e. The predicted molar refractivity (Wildman–Crippen MR) is 135 cm³/mol. The number of aromatic amines is 1. The van der Waals surface area contributed by atoms with E-state index in [0.717, 1.165) is 5.56 Å². The van der Waals surface area contributed by atoms with Crippen LogP contribution in [-0.4, -0.2) is 49.1 Å². The van der Waals surface area contributed by atoms with Crippen molar-refractivity contribution in [1.29, 1.82) is 0 Å². The Hall–Kier alpha value is -4.24. The number of carboxylic acids is 2. The van der Waals surface area contributed by atoms with Crippen LogP contribution >= 0.6 is 11.3 Å². The quantitative estimate of drug-likeness (QED) is 0.299. The summed E-state index contributed by atoms with van der Waals surface area (Å²) in [4.78, 5) is 58.5. The van der Waals surface area contributed by atoms with Gasteiger partial charge in [0.1, 0.15) is 6.04 Å². The molecule has 12 heteroatoms. The van der Waals surface area contributed by atoms with Crippen LogP contribution in [0.3, 0.4) is 0 Å². The molecule has 188 valence electrons. The lowest BCUT2D eigenvalue weighted by atomic mass is 9.96. The molecule has 3 heterocycles. The number of hydrogen-bond donors (Lipinski definition) is 5. The Labute approximate surface area is 210 Å². The minimum absolute atomic E-state index is 0.0102. The number of nitrogens with zero attached hydrogens (tertiary/aromatic N) is 2. The molecule has 3 aromatic rings. The maximum atomic E-state index is 12.5. The SMILES string of the molecule is Cc1cc(N[C@@H](CCC(=O)O)C(=O)O)sc1C#Cc1cnc2nc(NC(=O)C(C)(C)C)[nH]c(=O)c2c1. The fourth-order valence-electron chi connectivity index (χ4n) is 2.95. The third-order valence-corrected chi connectivity index (χ3v) is 6.06. The normalized spacial score (nSPS) is 11.9. The summed E-state index contributed by atoms with van der Waals surface area (Å²) in [7, 11) is 0. The van der Waals surface area contributed by atoms with E-state index in [1.807, 2.05) is 6.92 Å². The molecule has 0 saturated heterocycles. The third-order valence-electron chi connectivity index (χ3n) is 4.97. The highest BCUT2D eigenvalue weighted by molar-refractivity contribution is 7.16. The van der Waals surface area contributed by atoms with Crippen LogP contribution in [0.2, 0.25) is 0 Å². The average Bonchev–Trinajstić information content (AvgIpc) is 3.13. The molecule has 36 heavy (non-hydrogen) atoms. The van der Waals surface area contributed by atoms with Gasteiger partial charge in [-0.25, -0.2) is 9.78 Å². The number of carbonyl (C=O) groups excluding carboxylic acids is 1. The fraction of sp³-hybridized carbons (Fsp3) is 0.333. The van der Waals surface area contributed by atoms with Crippen molar-refractivity contribution in [3.63, 3.8) is 0 Å². The number of aliphatic carboxylic acids is 2. The second kappa shape index (κ2) is 10.6. The van der Waals surface area contributed by atoms with Gasteiger partial charge in [-0.05, 0) is 31.0 Å². The maximum Gasteiger partial charge on any atom is 0.326 e. The number of thiophene rings is 1. The van der Waals surface area contributed by atoms with Crippen molar-refractivity contribution < 1.29 is 24.6 Å². The molecule has 0 aliphatic carbocycles. The van der Waals surface area contributed by atoms with E-state index in [1.165, 1.54) is 17.5 Å². The number of aromatic nitrogens is 3. The number of amides is 1. The number of aryl methyl sites for hydroxylation is 1. The molecule has 0 unspecified atom stereocenters. The van der Waals surface area contributed by atoms with E-state index in [2.05, 4.69) is 37.4 Å². The first-order chi connectivity index (χ1) is 16.8. The number of H-pyrrole nitrogens is 1. The van der Waals surface area contributed by atoms with E-state index >= 15 is 0 Å². The average molecular weight is 512 g/mol. The molecule has 0 aromatic carbocycles. The highest BCUT2D eigenvalue weighted by Gasteiger charge is 2.22. The number of fused-ring (bicyclic) bond motifs is 1. The molecule has 0 saturated carbocycles. The Morgan fingerprint density at radius 1 is 1.19 bits per heavy atom. The Kier molecular flexibility index (Phi) is 7.74. The first kappa shape index (κ1) is 26.4. The third kappa shape index (κ3) is 6.67. The van der Waals surface area contributed by atoms with Crippen molar-refractivity contribution in [3.8, 4) is 11.8 Å². The Bertz CT molecular complexity index is 1460. The molecule has 1 atom stereocenters. The van der Waals surface area contributed by atoms with Crippen LogP contribution in [0.25, 0.3) is 11.0 Å². The molecule has 0 radical (unpaired) electrons. The van der Waals surface area contributed by atoms with Crippen molar-refractivity contribution in [2.75, 3.05) is 10.6 Å². The monoisotopic (exact) mass is 511 g/mol. The van der Waals surface area contributed by atoms with E-state index in [-0.39, 0.29) is 35.7 Å². The standard InChI is InChI=1S/C24H25N5O6S/c1-12-9-17(26-15(21(33)34)6-8-18(30)31)36-16(12)7-5-13-10-14-19(25-11-13)27-23(28-20(14)32)29-22(35)24(2,3)4/h9-11,15,26H,6,8H2,1-4H3,(H,30,31)(H,33,34)(H2,25,27,28,29,32,35)/t15-/m0/s1. The number of hydrogen-bond acceptors (Lipinski definition) is 8. The van der Waals surface area contributed by atoms with Gasteiger partial charge in [-0.1, -0.05) is 32.6 Å². The zero-order chi connectivity index (χ0) is 26.6. The molecule has 5 N–H and O–H groups in total. The van der Waals surface area contributed by atoms with Crippen molar-refractivity contribution in [2.24, 2.45) is 5.41 Å². The summed E-state index contributed by atoms with van der Waals surface area (Å²) < 4.78 is 0. The summed E-state index contributed by atoms with van der Waals surface area (Å²) in [6.07, 6.45) is 1.13. The van der Waals surface area contributed by atoms with Crippen molar-refractivity contribution in [3.05, 3.63) is 44.7 Å². The lowest BCUT2D eigenvalue weighted by molar-refractivity contribution is -0.139. The van der Waals surface area contributed by atoms with Gasteiger partial charge in [-0.2, -0.15) is 4.98 Å². The highest BCUT2D eigenvalue weighted by atomic mass is 32.1. The van der Waals surface area contributed by atoms with Crippen molar-refractivity contribution in [2.45, 2.75) is 46.6 Å². The van der Waals surface area contributed by atoms with Crippen LogP contribution in [0.1, 0.15) is 49.6 Å². The second-order valence-electron chi connectivity index (χ2n) is 9.05. The van der Waals surface area contributed by atoms with Crippen molar-refractivity contribution >= 4 is 51.2 Å². The molecule has 3 rings (SSSR count). The van der Waals surface area contributed by atoms with Gasteiger partial charge in [-0.3, -0.25) is 24.7 Å². The summed E-state index contributed by atoms with van der Waals surface area (Å²) >= 11 is 1.24. The lowest BCUT2D eigenvalue weighted by Crippen LogP contribution is -2.29. The zero-order valence-corrected chi connectivity index (χ0v) is 20.9. The largest absolute Gasteiger partial charge is 0.481 e. The van der Waals surface area contributed by atoms with Crippen LogP contribution in [0.5, 0.6) is 0 Å². The van der Waals surface area contributed by atoms with Gasteiger partial charge in [0.15, 0.2) is 5.65 Å². The van der Waals surface area contributed by atoms with Gasteiger partial charge in [0, 0.05) is 23.6 Å². The molecule has 11 nitrogen and oxygen atoms in total. The summed E-state index contributed by atoms with van der Waals surface area (Å²) in [6, 6.07) is 2.25. The number of carboxylic acid groups (broad SMARTS) is 2. The van der Waals surface area contributed by atoms with E-state index in [4.69, 9.17) is 5.11 Å². The molecule has 0 aliphatic rings. The number of anilines is 2. The van der Waals surface area contributed by atoms with E-state index in [1.54, 1.807) is 32.9 Å². The summed E-state index contributed by atoms with van der Waals surface area (Å²) in [5.41, 5.74) is 0.301. The number of nitrogens with one attached hydrogen (secondary N) is 3. The van der Waals surface area contributed by atoms with Crippen LogP contribution in [0.15, 0.2) is 23.1 Å². The van der Waals surface area contributed by atoms with E-state index < -0.39 is 29.0 Å². The first-order valence-electron chi connectivity index (χ1n) is 10.9. The maximum absolute atomic E-state index is 12.5. The molecule has 0 aliphatic heterocycles. The van der Waals surface area contributed by atoms with E-state index in [0.29, 0.717) is 15.4 Å². The van der Waals surface area contributed by atoms with Gasteiger partial charge in [0.05, 0.1) is 15.3 Å². The highest BCUT2D eigenvalue weighted by Crippen LogP contribution is 2.27. The van der Waals surface area contributed by atoms with Crippen LogP contribution in [0, 0.1) is 24.2 Å². The Morgan fingerprint density at radius 2 is 1.92 bits per heavy atom. The summed E-state index contributed by atoms with van der Waals surface area (Å²) in [5.74, 6) is 3.44.